The summed E-state index contributed by atoms with van der Waals surface area (Å²) in [4.78, 5) is 4.33. The largest absolute Gasteiger partial charge is 0.493 e. The lowest BCUT2D eigenvalue weighted by Crippen LogP contribution is -2.21. The molecule has 1 N–H and O–H groups in total. The summed E-state index contributed by atoms with van der Waals surface area (Å²) in [6.45, 7) is 0. The number of nitrogens with zero attached hydrogens (tertiary/aromatic N) is 3. The van der Waals surface area contributed by atoms with Crippen LogP contribution < -0.4 is 19.5 Å². The Morgan fingerprint density at radius 1 is 0.964 bits per heavy atom. The molecule has 2 heterocycles. The van der Waals surface area contributed by atoms with E-state index < -0.39 is 0 Å². The fourth-order valence-corrected chi connectivity index (χ4v) is 3.44. The summed E-state index contributed by atoms with van der Waals surface area (Å²) in [6, 6.07) is 11.2. The molecular weight excluding hydrogens is 380 g/mol. The molecule has 28 heavy (non-hydrogen) atoms. The first kappa shape index (κ1) is 18.2. The molecule has 0 bridgehead atoms. The van der Waals surface area contributed by atoms with Gasteiger partial charge in [0.25, 0.3) is 0 Å². The van der Waals surface area contributed by atoms with E-state index in [9.17, 15) is 0 Å². The highest BCUT2D eigenvalue weighted by Crippen LogP contribution is 2.45. The van der Waals surface area contributed by atoms with Gasteiger partial charge in [-0.25, -0.2) is 4.68 Å². The maximum atomic E-state index is 6.03. The van der Waals surface area contributed by atoms with Gasteiger partial charge in [-0.15, -0.1) is 0 Å². The molecule has 0 unspecified atom stereocenters. The van der Waals surface area contributed by atoms with Gasteiger partial charge in [-0.3, -0.25) is 0 Å². The number of rotatable bonds is 5. The molecule has 0 saturated carbocycles. The van der Waals surface area contributed by atoms with E-state index in [1.807, 2.05) is 36.4 Å². The first-order valence-corrected chi connectivity index (χ1v) is 8.97. The van der Waals surface area contributed by atoms with Gasteiger partial charge in [0.1, 0.15) is 12.4 Å². The van der Waals surface area contributed by atoms with Gasteiger partial charge in [0.05, 0.1) is 21.3 Å². The molecule has 1 atom stereocenters. The van der Waals surface area contributed by atoms with Crippen molar-refractivity contribution in [2.24, 2.45) is 0 Å². The number of aromatic nitrogens is 3. The molecule has 1 aromatic heterocycles. The lowest BCUT2D eigenvalue weighted by Gasteiger charge is -2.26. The molecule has 8 heteroatoms. The Hall–Kier alpha value is -3.19. The predicted octanol–water partition coefficient (Wildman–Crippen LogP) is 4.01. The molecule has 0 radical (unpaired) electrons. The van der Waals surface area contributed by atoms with Crippen molar-refractivity contribution < 1.29 is 14.2 Å². The number of allylic oxidation sites excluding steroid dienone is 1. The lowest BCUT2D eigenvalue weighted by molar-refractivity contribution is 0.320. The van der Waals surface area contributed by atoms with Crippen molar-refractivity contribution >= 4 is 23.2 Å². The maximum absolute atomic E-state index is 6.03. The van der Waals surface area contributed by atoms with Crippen LogP contribution in [0, 0.1) is 0 Å². The summed E-state index contributed by atoms with van der Waals surface area (Å²) in [6.07, 6.45) is 3.58. The van der Waals surface area contributed by atoms with Crippen molar-refractivity contribution in [3.05, 3.63) is 65.0 Å². The number of hydrogen-bond donors (Lipinski definition) is 1. The minimum atomic E-state index is -0.251. The third kappa shape index (κ3) is 3.03. The average molecular weight is 399 g/mol. The molecule has 3 aromatic rings. The van der Waals surface area contributed by atoms with E-state index in [2.05, 4.69) is 21.5 Å². The van der Waals surface area contributed by atoms with Crippen molar-refractivity contribution in [3.63, 3.8) is 0 Å². The number of methoxy groups -OCH3 is 3. The van der Waals surface area contributed by atoms with Gasteiger partial charge in [-0.05, 0) is 35.9 Å². The van der Waals surface area contributed by atoms with Gasteiger partial charge in [0, 0.05) is 16.3 Å². The van der Waals surface area contributed by atoms with Crippen molar-refractivity contribution in [2.45, 2.75) is 6.04 Å². The summed E-state index contributed by atoms with van der Waals surface area (Å²) in [5.41, 5.74) is 2.77. The molecule has 0 aliphatic carbocycles. The molecule has 1 aliphatic rings. The Morgan fingerprint density at radius 2 is 1.71 bits per heavy atom. The van der Waals surface area contributed by atoms with E-state index in [0.29, 0.717) is 28.2 Å². The fraction of sp³-hybridized carbons (Fsp3) is 0.200. The predicted molar refractivity (Wildman–Crippen MR) is 107 cm³/mol. The van der Waals surface area contributed by atoms with E-state index >= 15 is 0 Å². The van der Waals surface area contributed by atoms with Gasteiger partial charge in [0.2, 0.25) is 11.7 Å². The Balaban J connectivity index is 1.87. The monoisotopic (exact) mass is 398 g/mol. The molecule has 0 fully saturated rings. The Bertz CT molecular complexity index is 1030. The highest BCUT2D eigenvalue weighted by Gasteiger charge is 2.28. The SMILES string of the molecule is COc1ccc([C@H]2C=C(c3ccc(Cl)cc3)Nc3ncnn32)c(OC)c1OC. The molecule has 7 nitrogen and oxygen atoms in total. The number of ether oxygens (including phenoxy) is 3. The highest BCUT2D eigenvalue weighted by molar-refractivity contribution is 6.30. The smallest absolute Gasteiger partial charge is 0.226 e. The fourth-order valence-electron chi connectivity index (χ4n) is 3.31. The molecule has 144 valence electrons. The van der Waals surface area contributed by atoms with Crippen LogP contribution in [0.4, 0.5) is 5.95 Å². The van der Waals surface area contributed by atoms with Gasteiger partial charge in [-0.1, -0.05) is 23.7 Å². The highest BCUT2D eigenvalue weighted by atomic mass is 35.5. The zero-order valence-corrected chi connectivity index (χ0v) is 16.4. The van der Waals surface area contributed by atoms with Crippen LogP contribution in [0.1, 0.15) is 17.2 Å². The van der Waals surface area contributed by atoms with Crippen LogP contribution in [-0.2, 0) is 0 Å². The first-order chi connectivity index (χ1) is 13.7. The van der Waals surface area contributed by atoms with Crippen molar-refractivity contribution in [1.82, 2.24) is 14.8 Å². The second kappa shape index (κ2) is 7.44. The number of hydrogen-bond acceptors (Lipinski definition) is 6. The summed E-state index contributed by atoms with van der Waals surface area (Å²) in [5, 5.41) is 8.37. The van der Waals surface area contributed by atoms with Gasteiger partial charge in [-0.2, -0.15) is 10.1 Å². The second-order valence-electron chi connectivity index (χ2n) is 6.11. The number of nitrogens with one attached hydrogen (secondary N) is 1. The first-order valence-electron chi connectivity index (χ1n) is 8.59. The quantitative estimate of drug-likeness (QED) is 0.700. The van der Waals surface area contributed by atoms with Crippen LogP contribution >= 0.6 is 11.6 Å². The van der Waals surface area contributed by atoms with E-state index in [1.54, 1.807) is 26.0 Å². The van der Waals surface area contributed by atoms with E-state index in [1.165, 1.54) is 6.33 Å². The van der Waals surface area contributed by atoms with Crippen molar-refractivity contribution in [2.75, 3.05) is 26.6 Å². The van der Waals surface area contributed by atoms with Crippen LogP contribution in [0.2, 0.25) is 5.02 Å². The lowest BCUT2D eigenvalue weighted by atomic mass is 10.00. The number of anilines is 1. The van der Waals surface area contributed by atoms with Gasteiger partial charge >= 0.3 is 0 Å². The topological polar surface area (TPSA) is 70.4 Å². The van der Waals surface area contributed by atoms with Crippen molar-refractivity contribution in [3.8, 4) is 17.2 Å². The van der Waals surface area contributed by atoms with E-state index in [-0.39, 0.29) is 6.04 Å². The van der Waals surface area contributed by atoms with Crippen LogP contribution in [0.5, 0.6) is 17.2 Å². The summed E-state index contributed by atoms with van der Waals surface area (Å²) >= 11 is 6.03. The zero-order chi connectivity index (χ0) is 19.7. The summed E-state index contributed by atoms with van der Waals surface area (Å²) in [5.74, 6) is 2.35. The molecule has 0 amide bonds. The minimum absolute atomic E-state index is 0.251. The second-order valence-corrected chi connectivity index (χ2v) is 6.55. The number of benzene rings is 2. The Labute approximate surface area is 167 Å². The van der Waals surface area contributed by atoms with E-state index in [4.69, 9.17) is 25.8 Å². The third-order valence-corrected chi connectivity index (χ3v) is 4.87. The summed E-state index contributed by atoms with van der Waals surface area (Å²) in [7, 11) is 4.78. The van der Waals surface area contributed by atoms with Crippen LogP contribution in [-0.4, -0.2) is 36.1 Å². The standard InChI is InChI=1S/C20H19ClN4O3/c1-26-17-9-8-14(18(27-2)19(17)28-3)16-10-15(12-4-6-13(21)7-5-12)24-20-22-11-23-25(16)20/h4-11,16H,1-3H3,(H,22,23,24)/t16-/m1/s1. The summed E-state index contributed by atoms with van der Waals surface area (Å²) < 4.78 is 18.4. The molecule has 0 saturated heterocycles. The van der Waals surface area contributed by atoms with Crippen LogP contribution in [0.25, 0.3) is 5.70 Å². The third-order valence-electron chi connectivity index (χ3n) is 4.62. The number of halogens is 1. The molecule has 1 aliphatic heterocycles. The van der Waals surface area contributed by atoms with E-state index in [0.717, 1.165) is 16.8 Å². The molecule has 0 spiro atoms. The zero-order valence-electron chi connectivity index (χ0n) is 15.6. The molecule has 4 rings (SSSR count). The minimum Gasteiger partial charge on any atom is -0.493 e. The molecular formula is C20H19ClN4O3. The Kier molecular flexibility index (Phi) is 4.83. The average Bonchev–Trinajstić information content (AvgIpc) is 3.21. The van der Waals surface area contributed by atoms with Gasteiger partial charge in [0.15, 0.2) is 11.5 Å². The van der Waals surface area contributed by atoms with Crippen molar-refractivity contribution in [1.29, 1.82) is 0 Å². The normalized spacial score (nSPS) is 15.3. The molecule has 2 aromatic carbocycles. The van der Waals surface area contributed by atoms with Crippen LogP contribution in [0.15, 0.2) is 48.8 Å². The van der Waals surface area contributed by atoms with Crippen LogP contribution in [0.3, 0.4) is 0 Å². The maximum Gasteiger partial charge on any atom is 0.226 e. The Morgan fingerprint density at radius 3 is 2.39 bits per heavy atom. The van der Waals surface area contributed by atoms with Gasteiger partial charge < -0.3 is 19.5 Å². The number of fused-ring (bicyclic) bond motifs is 1.